The van der Waals surface area contributed by atoms with E-state index in [-0.39, 0.29) is 6.04 Å². The number of hydrogen-bond donors (Lipinski definition) is 3. The van der Waals surface area contributed by atoms with Crippen LogP contribution in [-0.2, 0) is 0 Å². The molecule has 0 aliphatic rings. The number of aromatic nitrogens is 3. The number of rotatable bonds is 3. The van der Waals surface area contributed by atoms with Crippen molar-refractivity contribution >= 4 is 11.5 Å². The number of nitrogens with two attached hydrogens (primary N) is 1. The summed E-state index contributed by atoms with van der Waals surface area (Å²) in [5.41, 5.74) is 8.51. The van der Waals surface area contributed by atoms with Crippen LogP contribution in [0, 0.1) is 6.92 Å². The summed E-state index contributed by atoms with van der Waals surface area (Å²) < 4.78 is 0. The van der Waals surface area contributed by atoms with Gasteiger partial charge in [-0.2, -0.15) is 5.10 Å². The summed E-state index contributed by atoms with van der Waals surface area (Å²) in [4.78, 5) is 4.36. The number of hydrogen-bond acceptors (Lipinski definition) is 4. The molecule has 4 N–H and O–H groups in total. The van der Waals surface area contributed by atoms with Crippen LogP contribution in [0.15, 0.2) is 24.5 Å². The zero-order valence-electron chi connectivity index (χ0n) is 9.36. The number of nitrogen functional groups attached to an aromatic ring is 1. The molecule has 16 heavy (non-hydrogen) atoms. The quantitative estimate of drug-likeness (QED) is 0.733. The lowest BCUT2D eigenvalue weighted by Gasteiger charge is -2.14. The monoisotopic (exact) mass is 217 g/mol. The first-order valence-electron chi connectivity index (χ1n) is 5.15. The van der Waals surface area contributed by atoms with Gasteiger partial charge in [-0.25, -0.2) is 4.98 Å². The SMILES string of the molecule is Cc1ccc(N)c(NC(C)c2cn[nH]c2)n1. The van der Waals surface area contributed by atoms with E-state index in [4.69, 9.17) is 5.73 Å². The van der Waals surface area contributed by atoms with Gasteiger partial charge in [0.1, 0.15) is 5.82 Å². The highest BCUT2D eigenvalue weighted by Gasteiger charge is 2.09. The molecule has 0 saturated heterocycles. The molecule has 0 fully saturated rings. The predicted molar refractivity (Wildman–Crippen MR) is 64.0 cm³/mol. The smallest absolute Gasteiger partial charge is 0.149 e. The molecular formula is C11H15N5. The molecule has 0 amide bonds. The Hall–Kier alpha value is -2.04. The molecule has 5 nitrogen and oxygen atoms in total. The van der Waals surface area contributed by atoms with Crippen LogP contribution in [0.25, 0.3) is 0 Å². The maximum Gasteiger partial charge on any atom is 0.149 e. The van der Waals surface area contributed by atoms with Gasteiger partial charge in [0.2, 0.25) is 0 Å². The second-order valence-electron chi connectivity index (χ2n) is 3.79. The van der Waals surface area contributed by atoms with Gasteiger partial charge in [0.15, 0.2) is 0 Å². The summed E-state index contributed by atoms with van der Waals surface area (Å²) in [7, 11) is 0. The molecule has 2 aromatic rings. The molecule has 1 atom stereocenters. The van der Waals surface area contributed by atoms with E-state index in [9.17, 15) is 0 Å². The Morgan fingerprint density at radius 1 is 1.44 bits per heavy atom. The summed E-state index contributed by atoms with van der Waals surface area (Å²) in [5.74, 6) is 0.716. The summed E-state index contributed by atoms with van der Waals surface area (Å²) in [6, 6.07) is 3.87. The molecule has 0 aliphatic carbocycles. The van der Waals surface area contributed by atoms with Crippen molar-refractivity contribution in [2.75, 3.05) is 11.1 Å². The Kier molecular flexibility index (Phi) is 2.76. The number of nitrogens with one attached hydrogen (secondary N) is 2. The van der Waals surface area contributed by atoms with Crippen molar-refractivity contribution in [1.82, 2.24) is 15.2 Å². The largest absolute Gasteiger partial charge is 0.396 e. The van der Waals surface area contributed by atoms with Gasteiger partial charge >= 0.3 is 0 Å². The molecule has 2 aromatic heterocycles. The minimum atomic E-state index is 0.121. The van der Waals surface area contributed by atoms with Crippen molar-refractivity contribution < 1.29 is 0 Å². The number of nitrogens with zero attached hydrogens (tertiary/aromatic N) is 2. The van der Waals surface area contributed by atoms with E-state index in [0.717, 1.165) is 11.3 Å². The molecule has 0 bridgehead atoms. The van der Waals surface area contributed by atoms with Gasteiger partial charge in [-0.05, 0) is 26.0 Å². The highest BCUT2D eigenvalue weighted by Crippen LogP contribution is 2.21. The topological polar surface area (TPSA) is 79.6 Å². The molecule has 0 aliphatic heterocycles. The minimum Gasteiger partial charge on any atom is -0.396 e. The first kappa shape index (κ1) is 10.5. The first-order valence-corrected chi connectivity index (χ1v) is 5.15. The maximum atomic E-state index is 5.84. The van der Waals surface area contributed by atoms with E-state index >= 15 is 0 Å². The van der Waals surface area contributed by atoms with Crippen LogP contribution in [0.3, 0.4) is 0 Å². The normalized spacial score (nSPS) is 12.4. The van der Waals surface area contributed by atoms with E-state index in [1.165, 1.54) is 0 Å². The second kappa shape index (κ2) is 4.22. The molecule has 0 saturated carbocycles. The van der Waals surface area contributed by atoms with Crippen LogP contribution in [0.1, 0.15) is 24.2 Å². The van der Waals surface area contributed by atoms with Crippen molar-refractivity contribution in [1.29, 1.82) is 0 Å². The fourth-order valence-corrected chi connectivity index (χ4v) is 1.47. The highest BCUT2D eigenvalue weighted by molar-refractivity contribution is 5.61. The Labute approximate surface area is 94.1 Å². The standard InChI is InChI=1S/C11H15N5/c1-7-3-4-10(12)11(15-7)16-8(2)9-5-13-14-6-9/h3-6,8H,12H2,1-2H3,(H,13,14)(H,15,16). The molecule has 0 spiro atoms. The number of aromatic amines is 1. The van der Waals surface area contributed by atoms with E-state index < -0.39 is 0 Å². The molecule has 5 heteroatoms. The Morgan fingerprint density at radius 2 is 2.25 bits per heavy atom. The molecule has 0 radical (unpaired) electrons. The van der Waals surface area contributed by atoms with Crippen molar-refractivity contribution in [3.63, 3.8) is 0 Å². The summed E-state index contributed by atoms with van der Waals surface area (Å²) >= 11 is 0. The maximum absolute atomic E-state index is 5.84. The third-order valence-electron chi connectivity index (χ3n) is 2.44. The van der Waals surface area contributed by atoms with Crippen molar-refractivity contribution in [3.8, 4) is 0 Å². The Bertz CT molecular complexity index is 463. The third-order valence-corrected chi connectivity index (χ3v) is 2.44. The second-order valence-corrected chi connectivity index (χ2v) is 3.79. The minimum absolute atomic E-state index is 0.121. The number of pyridine rings is 1. The molecular weight excluding hydrogens is 202 g/mol. The van der Waals surface area contributed by atoms with Crippen LogP contribution < -0.4 is 11.1 Å². The lowest BCUT2D eigenvalue weighted by Crippen LogP contribution is -2.09. The van der Waals surface area contributed by atoms with Crippen LogP contribution in [0.2, 0.25) is 0 Å². The van der Waals surface area contributed by atoms with Crippen LogP contribution in [0.4, 0.5) is 11.5 Å². The number of anilines is 2. The summed E-state index contributed by atoms with van der Waals surface area (Å²) in [6.45, 7) is 3.97. The third kappa shape index (κ3) is 2.13. The zero-order chi connectivity index (χ0) is 11.5. The fourth-order valence-electron chi connectivity index (χ4n) is 1.47. The van der Waals surface area contributed by atoms with E-state index in [1.807, 2.05) is 32.2 Å². The lowest BCUT2D eigenvalue weighted by molar-refractivity contribution is 0.874. The van der Waals surface area contributed by atoms with Crippen molar-refractivity contribution in [3.05, 3.63) is 35.8 Å². The summed E-state index contributed by atoms with van der Waals surface area (Å²) in [6.07, 6.45) is 3.63. The van der Waals surface area contributed by atoms with Crippen molar-refractivity contribution in [2.24, 2.45) is 0 Å². The zero-order valence-corrected chi connectivity index (χ0v) is 9.36. The molecule has 0 aromatic carbocycles. The van der Waals surface area contributed by atoms with Crippen molar-refractivity contribution in [2.45, 2.75) is 19.9 Å². The lowest BCUT2D eigenvalue weighted by atomic mass is 10.2. The average Bonchev–Trinajstić information content (AvgIpc) is 2.76. The number of aryl methyl sites for hydroxylation is 1. The average molecular weight is 217 g/mol. The molecule has 84 valence electrons. The van der Waals surface area contributed by atoms with Crippen LogP contribution in [-0.4, -0.2) is 15.2 Å². The van der Waals surface area contributed by atoms with Gasteiger partial charge in [0.25, 0.3) is 0 Å². The summed E-state index contributed by atoms with van der Waals surface area (Å²) in [5, 5.41) is 9.95. The van der Waals surface area contributed by atoms with Gasteiger partial charge in [0.05, 0.1) is 17.9 Å². The Balaban J connectivity index is 2.17. The van der Waals surface area contributed by atoms with Gasteiger partial charge in [-0.15, -0.1) is 0 Å². The number of H-pyrrole nitrogens is 1. The van der Waals surface area contributed by atoms with E-state index in [1.54, 1.807) is 6.20 Å². The van der Waals surface area contributed by atoms with E-state index in [0.29, 0.717) is 11.5 Å². The van der Waals surface area contributed by atoms with E-state index in [2.05, 4.69) is 20.5 Å². The fraction of sp³-hybridized carbons (Fsp3) is 0.273. The molecule has 2 rings (SSSR count). The Morgan fingerprint density at radius 3 is 2.94 bits per heavy atom. The van der Waals surface area contributed by atoms with Gasteiger partial charge in [-0.3, -0.25) is 5.10 Å². The first-order chi connectivity index (χ1) is 7.66. The van der Waals surface area contributed by atoms with Crippen LogP contribution >= 0.6 is 0 Å². The molecule has 1 unspecified atom stereocenters. The van der Waals surface area contributed by atoms with Gasteiger partial charge in [-0.1, -0.05) is 0 Å². The predicted octanol–water partition coefficient (Wildman–Crippen LogP) is 1.87. The van der Waals surface area contributed by atoms with Gasteiger partial charge in [0, 0.05) is 17.5 Å². The molecule has 2 heterocycles. The highest BCUT2D eigenvalue weighted by atomic mass is 15.1. The van der Waals surface area contributed by atoms with Gasteiger partial charge < -0.3 is 11.1 Å². The van der Waals surface area contributed by atoms with Crippen LogP contribution in [0.5, 0.6) is 0 Å².